The third-order valence-electron chi connectivity index (χ3n) is 1.87. The van der Waals surface area contributed by atoms with Gasteiger partial charge in [-0.1, -0.05) is 30.3 Å². The van der Waals surface area contributed by atoms with Gasteiger partial charge in [0.2, 0.25) is 0 Å². The highest BCUT2D eigenvalue weighted by Gasteiger charge is 2.14. The van der Waals surface area contributed by atoms with Crippen LogP contribution in [0.3, 0.4) is 0 Å². The Bertz CT molecular complexity index is 333. The molecule has 0 saturated heterocycles. The van der Waals surface area contributed by atoms with E-state index in [1.807, 2.05) is 44.2 Å². The van der Waals surface area contributed by atoms with E-state index in [-0.39, 0.29) is 6.61 Å². The quantitative estimate of drug-likeness (QED) is 0.824. The van der Waals surface area contributed by atoms with E-state index < -0.39 is 11.0 Å². The molecule has 0 atom stereocenters. The summed E-state index contributed by atoms with van der Waals surface area (Å²) in [6, 6.07) is 9.52. The molecule has 0 saturated carbocycles. The first-order chi connectivity index (χ1) is 7.47. The number of alkyl carbamates (subject to hydrolysis) is 1. The maximum absolute atomic E-state index is 11.3. The summed E-state index contributed by atoms with van der Waals surface area (Å²) in [6.45, 7) is 4.30. The van der Waals surface area contributed by atoms with Crippen LogP contribution in [0.15, 0.2) is 30.3 Å². The molecule has 1 N–H and O–H groups in total. The van der Waals surface area contributed by atoms with Crippen molar-refractivity contribution in [1.82, 2.24) is 5.32 Å². The number of hydrogen-bond acceptors (Lipinski definition) is 2. The van der Waals surface area contributed by atoms with E-state index in [1.54, 1.807) is 0 Å². The van der Waals surface area contributed by atoms with Crippen molar-refractivity contribution in [2.75, 3.05) is 6.54 Å². The van der Waals surface area contributed by atoms with Gasteiger partial charge in [-0.25, -0.2) is 4.79 Å². The molecule has 88 valence electrons. The maximum Gasteiger partial charge on any atom is 0.407 e. The lowest BCUT2D eigenvalue weighted by Crippen LogP contribution is -2.34. The van der Waals surface area contributed by atoms with Gasteiger partial charge in [-0.15, -0.1) is 11.6 Å². The Labute approximate surface area is 101 Å². The third kappa shape index (κ3) is 5.61. The standard InChI is InChI=1S/C12H16ClNO2/c1-12(2,13)9-14-11(15)16-8-10-6-4-3-5-7-10/h3-7H,8-9H2,1-2H3,(H,14,15). The first-order valence-electron chi connectivity index (χ1n) is 5.11. The summed E-state index contributed by atoms with van der Waals surface area (Å²) in [5, 5.41) is 2.60. The van der Waals surface area contributed by atoms with E-state index in [4.69, 9.17) is 16.3 Å². The van der Waals surface area contributed by atoms with Gasteiger partial charge < -0.3 is 10.1 Å². The number of benzene rings is 1. The van der Waals surface area contributed by atoms with Gasteiger partial charge in [0, 0.05) is 6.54 Å². The monoisotopic (exact) mass is 241 g/mol. The molecular weight excluding hydrogens is 226 g/mol. The van der Waals surface area contributed by atoms with Gasteiger partial charge in [0.1, 0.15) is 6.61 Å². The smallest absolute Gasteiger partial charge is 0.407 e. The van der Waals surface area contributed by atoms with E-state index in [0.717, 1.165) is 5.56 Å². The van der Waals surface area contributed by atoms with Gasteiger partial charge in [0.25, 0.3) is 0 Å². The average molecular weight is 242 g/mol. The van der Waals surface area contributed by atoms with Crippen LogP contribution in [0.2, 0.25) is 0 Å². The average Bonchev–Trinajstić information content (AvgIpc) is 2.24. The number of carbonyl (C=O) groups excluding carboxylic acids is 1. The SMILES string of the molecule is CC(C)(Cl)CNC(=O)OCc1ccccc1. The highest BCUT2D eigenvalue weighted by Crippen LogP contribution is 2.10. The minimum Gasteiger partial charge on any atom is -0.445 e. The molecule has 0 aromatic heterocycles. The first kappa shape index (κ1) is 12.8. The molecule has 0 aliphatic heterocycles. The summed E-state index contributed by atoms with van der Waals surface area (Å²) in [6.07, 6.45) is -0.447. The molecule has 0 unspecified atom stereocenters. The Balaban J connectivity index is 2.26. The highest BCUT2D eigenvalue weighted by molar-refractivity contribution is 6.23. The summed E-state index contributed by atoms with van der Waals surface area (Å²) in [4.78, 5) is 10.8. The van der Waals surface area contributed by atoms with Crippen molar-refractivity contribution in [1.29, 1.82) is 0 Å². The number of nitrogens with one attached hydrogen (secondary N) is 1. The van der Waals surface area contributed by atoms with Crippen LogP contribution in [0.4, 0.5) is 4.79 Å². The number of hydrogen-bond donors (Lipinski definition) is 1. The van der Waals surface area contributed by atoms with Crippen molar-refractivity contribution in [3.8, 4) is 0 Å². The molecule has 16 heavy (non-hydrogen) atoms. The minimum atomic E-state index is -0.453. The van der Waals surface area contributed by atoms with Gasteiger partial charge in [0.15, 0.2) is 0 Å². The molecule has 0 fully saturated rings. The van der Waals surface area contributed by atoms with Gasteiger partial charge >= 0.3 is 6.09 Å². The van der Waals surface area contributed by atoms with Crippen LogP contribution in [-0.2, 0) is 11.3 Å². The van der Waals surface area contributed by atoms with Crippen molar-refractivity contribution in [3.63, 3.8) is 0 Å². The molecule has 1 rings (SSSR count). The lowest BCUT2D eigenvalue weighted by atomic mass is 10.2. The van der Waals surface area contributed by atoms with Crippen LogP contribution in [-0.4, -0.2) is 17.5 Å². The molecule has 0 radical (unpaired) electrons. The summed E-state index contributed by atoms with van der Waals surface area (Å²) in [7, 11) is 0. The number of rotatable bonds is 4. The van der Waals surface area contributed by atoms with E-state index >= 15 is 0 Å². The van der Waals surface area contributed by atoms with Crippen LogP contribution in [0.5, 0.6) is 0 Å². The second-order valence-electron chi connectivity index (χ2n) is 4.13. The van der Waals surface area contributed by atoms with Crippen LogP contribution in [0.1, 0.15) is 19.4 Å². The van der Waals surface area contributed by atoms with Crippen LogP contribution in [0.25, 0.3) is 0 Å². The van der Waals surface area contributed by atoms with Gasteiger partial charge in [-0.2, -0.15) is 0 Å². The second-order valence-corrected chi connectivity index (χ2v) is 5.16. The summed E-state index contributed by atoms with van der Waals surface area (Å²) >= 11 is 5.92. The van der Waals surface area contributed by atoms with Crippen molar-refractivity contribution >= 4 is 17.7 Å². The zero-order valence-electron chi connectivity index (χ0n) is 9.50. The Morgan fingerprint density at radius 1 is 1.38 bits per heavy atom. The van der Waals surface area contributed by atoms with Crippen molar-refractivity contribution in [2.45, 2.75) is 25.3 Å². The second kappa shape index (κ2) is 5.75. The summed E-state index contributed by atoms with van der Waals surface area (Å²) in [5.41, 5.74) is 0.961. The Morgan fingerprint density at radius 3 is 2.56 bits per heavy atom. The molecule has 1 aromatic carbocycles. The lowest BCUT2D eigenvalue weighted by molar-refractivity contribution is 0.139. The molecule has 0 aliphatic carbocycles. The van der Waals surface area contributed by atoms with Gasteiger partial charge in [-0.3, -0.25) is 0 Å². The van der Waals surface area contributed by atoms with Crippen LogP contribution < -0.4 is 5.32 Å². The van der Waals surface area contributed by atoms with Crippen LogP contribution >= 0.6 is 11.6 Å². The topological polar surface area (TPSA) is 38.3 Å². The van der Waals surface area contributed by atoms with Crippen molar-refractivity contribution < 1.29 is 9.53 Å². The normalized spacial score (nSPS) is 10.9. The van der Waals surface area contributed by atoms with E-state index in [9.17, 15) is 4.79 Å². The van der Waals surface area contributed by atoms with Crippen LogP contribution in [0, 0.1) is 0 Å². The number of halogens is 1. The predicted molar refractivity (Wildman–Crippen MR) is 64.6 cm³/mol. The molecule has 0 heterocycles. The fraction of sp³-hybridized carbons (Fsp3) is 0.417. The fourth-order valence-electron chi connectivity index (χ4n) is 1.06. The van der Waals surface area contributed by atoms with E-state index in [0.29, 0.717) is 6.54 Å². The molecule has 0 bridgehead atoms. The molecule has 0 aliphatic rings. The minimum absolute atomic E-state index is 0.273. The number of carbonyl (C=O) groups is 1. The van der Waals surface area contributed by atoms with Gasteiger partial charge in [-0.05, 0) is 19.4 Å². The first-order valence-corrected chi connectivity index (χ1v) is 5.49. The largest absolute Gasteiger partial charge is 0.445 e. The molecule has 4 heteroatoms. The molecule has 1 aromatic rings. The Morgan fingerprint density at radius 2 is 2.00 bits per heavy atom. The lowest BCUT2D eigenvalue weighted by Gasteiger charge is -2.16. The number of ether oxygens (including phenoxy) is 1. The fourth-order valence-corrected chi connectivity index (χ4v) is 1.12. The molecular formula is C12H16ClNO2. The van der Waals surface area contributed by atoms with E-state index in [1.165, 1.54) is 0 Å². The van der Waals surface area contributed by atoms with Crippen molar-refractivity contribution in [2.24, 2.45) is 0 Å². The predicted octanol–water partition coefficient (Wildman–Crippen LogP) is 2.93. The third-order valence-corrected chi connectivity index (χ3v) is 2.00. The number of amides is 1. The number of alkyl halides is 1. The maximum atomic E-state index is 11.3. The highest BCUT2D eigenvalue weighted by atomic mass is 35.5. The Hall–Kier alpha value is -1.22. The zero-order valence-corrected chi connectivity index (χ0v) is 10.3. The summed E-state index contributed by atoms with van der Waals surface area (Å²) < 4.78 is 5.01. The van der Waals surface area contributed by atoms with Gasteiger partial charge in [0.05, 0.1) is 4.87 Å². The summed E-state index contributed by atoms with van der Waals surface area (Å²) in [5.74, 6) is 0. The molecule has 0 spiro atoms. The Kier molecular flexibility index (Phi) is 4.62. The molecule has 1 amide bonds. The molecule has 3 nitrogen and oxygen atoms in total. The van der Waals surface area contributed by atoms with Crippen molar-refractivity contribution in [3.05, 3.63) is 35.9 Å². The zero-order chi connectivity index (χ0) is 12.0. The van der Waals surface area contributed by atoms with E-state index in [2.05, 4.69) is 5.32 Å².